The quantitative estimate of drug-likeness (QED) is 0.818. The smallest absolute Gasteiger partial charge is 0.265 e. The lowest BCUT2D eigenvalue weighted by Crippen LogP contribution is -2.14. The zero-order chi connectivity index (χ0) is 14.6. The largest absolute Gasteiger partial charge is 0.349 e. The van der Waals surface area contributed by atoms with Crippen LogP contribution >= 0.6 is 11.3 Å². The Morgan fingerprint density at radius 1 is 1.40 bits per heavy atom. The molecule has 8 heteroatoms. The van der Waals surface area contributed by atoms with E-state index in [-0.39, 0.29) is 4.90 Å². The highest BCUT2D eigenvalue weighted by atomic mass is 32.2. The third kappa shape index (κ3) is 3.38. The molecule has 2 N–H and O–H groups in total. The third-order valence-corrected chi connectivity index (χ3v) is 4.95. The maximum Gasteiger partial charge on any atom is 0.265 e. The van der Waals surface area contributed by atoms with E-state index in [1.165, 1.54) is 11.3 Å². The van der Waals surface area contributed by atoms with Gasteiger partial charge in [0, 0.05) is 36.6 Å². The van der Waals surface area contributed by atoms with E-state index >= 15 is 0 Å². The zero-order valence-corrected chi connectivity index (χ0v) is 13.1. The van der Waals surface area contributed by atoms with Gasteiger partial charge in [0.2, 0.25) is 0 Å². The van der Waals surface area contributed by atoms with Crippen LogP contribution in [0.25, 0.3) is 0 Å². The molecule has 20 heavy (non-hydrogen) atoms. The lowest BCUT2D eigenvalue weighted by Gasteiger charge is -2.05. The molecule has 2 aromatic rings. The van der Waals surface area contributed by atoms with E-state index < -0.39 is 10.0 Å². The van der Waals surface area contributed by atoms with Crippen molar-refractivity contribution in [2.75, 3.05) is 11.3 Å². The molecule has 110 valence electrons. The van der Waals surface area contributed by atoms with E-state index in [1.54, 1.807) is 23.8 Å². The van der Waals surface area contributed by atoms with Gasteiger partial charge in [0.1, 0.15) is 4.90 Å². The Kier molecular flexibility index (Phi) is 4.79. The van der Waals surface area contributed by atoms with Gasteiger partial charge in [-0.15, -0.1) is 11.3 Å². The van der Waals surface area contributed by atoms with Gasteiger partial charge < -0.3 is 9.88 Å². The molecular weight excluding hydrogens is 296 g/mol. The monoisotopic (exact) mass is 314 g/mol. The molecule has 0 aliphatic heterocycles. The summed E-state index contributed by atoms with van der Waals surface area (Å²) in [5.41, 5.74) is 0.953. The summed E-state index contributed by atoms with van der Waals surface area (Å²) in [5.74, 6) is 0. The van der Waals surface area contributed by atoms with Crippen molar-refractivity contribution in [1.29, 1.82) is 0 Å². The second kappa shape index (κ2) is 6.38. The Labute approximate surface area is 122 Å². The minimum atomic E-state index is -3.57. The Hall–Kier alpha value is -1.38. The van der Waals surface area contributed by atoms with Gasteiger partial charge in [-0.3, -0.25) is 4.72 Å². The highest BCUT2D eigenvalue weighted by molar-refractivity contribution is 7.93. The molecule has 0 atom stereocenters. The molecule has 2 rings (SSSR count). The van der Waals surface area contributed by atoms with Crippen molar-refractivity contribution in [1.82, 2.24) is 14.9 Å². The summed E-state index contributed by atoms with van der Waals surface area (Å²) in [7, 11) is -3.57. The molecule has 2 aromatic heterocycles. The Morgan fingerprint density at radius 3 is 2.80 bits per heavy atom. The molecule has 0 fully saturated rings. The second-order valence-electron chi connectivity index (χ2n) is 4.18. The van der Waals surface area contributed by atoms with Gasteiger partial charge in [-0.05, 0) is 19.5 Å². The van der Waals surface area contributed by atoms with Crippen LogP contribution < -0.4 is 10.0 Å². The summed E-state index contributed by atoms with van der Waals surface area (Å²) in [6.07, 6.45) is 3.22. The summed E-state index contributed by atoms with van der Waals surface area (Å²) in [6.45, 7) is 6.22. The van der Waals surface area contributed by atoms with Crippen LogP contribution in [-0.2, 0) is 23.1 Å². The number of thiazole rings is 1. The van der Waals surface area contributed by atoms with Crippen molar-refractivity contribution in [3.8, 4) is 0 Å². The molecule has 0 saturated heterocycles. The predicted octanol–water partition coefficient (Wildman–Crippen LogP) is 1.87. The standard InChI is InChI=1S/C12H18N4O2S2/c1-3-13-8-10-7-11(9-16(10)4-2)20(17,18)15-12-14-5-6-19-12/h5-7,9,13H,3-4,8H2,1-2H3,(H,14,15). The van der Waals surface area contributed by atoms with Crippen LogP contribution in [0.15, 0.2) is 28.7 Å². The van der Waals surface area contributed by atoms with Crippen molar-refractivity contribution >= 4 is 26.5 Å². The molecule has 0 bridgehead atoms. The molecule has 0 spiro atoms. The molecule has 0 aliphatic rings. The van der Waals surface area contributed by atoms with Gasteiger partial charge in [-0.1, -0.05) is 6.92 Å². The first-order valence-corrected chi connectivity index (χ1v) is 8.75. The SMILES string of the molecule is CCNCc1cc(S(=O)(=O)Nc2nccs2)cn1CC. The third-order valence-electron chi connectivity index (χ3n) is 2.82. The van der Waals surface area contributed by atoms with Gasteiger partial charge in [0.25, 0.3) is 10.0 Å². The van der Waals surface area contributed by atoms with Gasteiger partial charge in [-0.25, -0.2) is 13.4 Å². The molecule has 0 amide bonds. The number of aromatic nitrogens is 2. The van der Waals surface area contributed by atoms with E-state index in [2.05, 4.69) is 15.0 Å². The fourth-order valence-electron chi connectivity index (χ4n) is 1.82. The van der Waals surface area contributed by atoms with Gasteiger partial charge >= 0.3 is 0 Å². The summed E-state index contributed by atoms with van der Waals surface area (Å²) >= 11 is 1.25. The van der Waals surface area contributed by atoms with Gasteiger partial charge in [0.05, 0.1) is 0 Å². The summed E-state index contributed by atoms with van der Waals surface area (Å²) in [6, 6.07) is 1.70. The van der Waals surface area contributed by atoms with Gasteiger partial charge in [-0.2, -0.15) is 0 Å². The van der Waals surface area contributed by atoms with Crippen LogP contribution in [-0.4, -0.2) is 24.5 Å². The number of anilines is 1. The van der Waals surface area contributed by atoms with Crippen LogP contribution in [0.3, 0.4) is 0 Å². The molecule has 2 heterocycles. The van der Waals surface area contributed by atoms with Crippen molar-refractivity contribution in [3.05, 3.63) is 29.5 Å². The maximum absolute atomic E-state index is 12.3. The molecular formula is C12H18N4O2S2. The zero-order valence-electron chi connectivity index (χ0n) is 11.5. The van der Waals surface area contributed by atoms with E-state index in [0.29, 0.717) is 11.7 Å². The fourth-order valence-corrected chi connectivity index (χ4v) is 3.67. The highest BCUT2D eigenvalue weighted by Gasteiger charge is 2.19. The lowest BCUT2D eigenvalue weighted by molar-refractivity contribution is 0.600. The van der Waals surface area contributed by atoms with Crippen molar-refractivity contribution in [2.24, 2.45) is 0 Å². The number of hydrogen-bond acceptors (Lipinski definition) is 5. The first kappa shape index (κ1) is 15.0. The summed E-state index contributed by atoms with van der Waals surface area (Å²) < 4.78 is 29.0. The van der Waals surface area contributed by atoms with Crippen molar-refractivity contribution in [2.45, 2.75) is 31.8 Å². The number of hydrogen-bond donors (Lipinski definition) is 2. The van der Waals surface area contributed by atoms with Crippen LogP contribution in [0.2, 0.25) is 0 Å². The Balaban J connectivity index is 2.25. The number of nitrogens with one attached hydrogen (secondary N) is 2. The summed E-state index contributed by atoms with van der Waals surface area (Å²) in [5, 5.41) is 5.31. The average Bonchev–Trinajstić information content (AvgIpc) is 3.04. The van der Waals surface area contributed by atoms with E-state index in [1.807, 2.05) is 18.4 Å². The number of rotatable bonds is 7. The minimum Gasteiger partial charge on any atom is -0.349 e. The Morgan fingerprint density at radius 2 is 2.20 bits per heavy atom. The van der Waals surface area contributed by atoms with E-state index in [4.69, 9.17) is 0 Å². The van der Waals surface area contributed by atoms with E-state index in [9.17, 15) is 8.42 Å². The fraction of sp³-hybridized carbons (Fsp3) is 0.417. The topological polar surface area (TPSA) is 76.0 Å². The number of sulfonamides is 1. The molecule has 0 aromatic carbocycles. The molecule has 0 radical (unpaired) electrons. The number of nitrogens with zero attached hydrogens (tertiary/aromatic N) is 2. The molecule has 0 saturated carbocycles. The van der Waals surface area contributed by atoms with E-state index in [0.717, 1.165) is 18.8 Å². The maximum atomic E-state index is 12.3. The average molecular weight is 314 g/mol. The predicted molar refractivity (Wildman–Crippen MR) is 80.4 cm³/mol. The first-order valence-electron chi connectivity index (χ1n) is 6.39. The van der Waals surface area contributed by atoms with Crippen molar-refractivity contribution < 1.29 is 8.42 Å². The molecule has 0 unspecified atom stereocenters. The first-order chi connectivity index (χ1) is 9.56. The highest BCUT2D eigenvalue weighted by Crippen LogP contribution is 2.20. The summed E-state index contributed by atoms with van der Waals surface area (Å²) in [4.78, 5) is 4.20. The second-order valence-corrected chi connectivity index (χ2v) is 6.75. The minimum absolute atomic E-state index is 0.266. The van der Waals surface area contributed by atoms with Crippen molar-refractivity contribution in [3.63, 3.8) is 0 Å². The van der Waals surface area contributed by atoms with Crippen LogP contribution in [0.1, 0.15) is 19.5 Å². The Bertz CT molecular complexity index is 647. The van der Waals surface area contributed by atoms with Gasteiger partial charge in [0.15, 0.2) is 5.13 Å². The van der Waals surface area contributed by atoms with Crippen LogP contribution in [0, 0.1) is 0 Å². The number of aryl methyl sites for hydroxylation is 1. The van der Waals surface area contributed by atoms with Crippen LogP contribution in [0.4, 0.5) is 5.13 Å². The normalized spacial score (nSPS) is 11.7. The van der Waals surface area contributed by atoms with Crippen LogP contribution in [0.5, 0.6) is 0 Å². The lowest BCUT2D eigenvalue weighted by atomic mass is 10.4. The molecule has 0 aliphatic carbocycles. The molecule has 6 nitrogen and oxygen atoms in total.